The second-order valence-corrected chi connectivity index (χ2v) is 7.27. The SMILES string of the molecule is CC(C)C(N)CCN(C)S(=O)(=O)c1cc(F)c(F)c(F)c1.Cl. The molecule has 0 radical (unpaired) electrons. The minimum atomic E-state index is -4.09. The molecule has 1 unspecified atom stereocenters. The molecule has 9 heteroatoms. The van der Waals surface area contributed by atoms with E-state index in [1.165, 1.54) is 7.05 Å². The quantitative estimate of drug-likeness (QED) is 0.793. The van der Waals surface area contributed by atoms with Crippen molar-refractivity contribution in [2.75, 3.05) is 13.6 Å². The first-order valence-electron chi connectivity index (χ1n) is 6.43. The Morgan fingerprint density at radius 1 is 1.18 bits per heavy atom. The number of hydrogen-bond acceptors (Lipinski definition) is 3. The van der Waals surface area contributed by atoms with Gasteiger partial charge in [0.2, 0.25) is 10.0 Å². The molecular formula is C13H20ClF3N2O2S. The lowest BCUT2D eigenvalue weighted by molar-refractivity contribution is 0.396. The number of sulfonamides is 1. The van der Waals surface area contributed by atoms with Gasteiger partial charge in [-0.1, -0.05) is 13.8 Å². The molecule has 0 fully saturated rings. The van der Waals surface area contributed by atoms with Crippen molar-refractivity contribution < 1.29 is 21.6 Å². The van der Waals surface area contributed by atoms with E-state index in [0.717, 1.165) is 4.31 Å². The van der Waals surface area contributed by atoms with Crippen molar-refractivity contribution in [3.63, 3.8) is 0 Å². The van der Waals surface area contributed by atoms with Crippen molar-refractivity contribution >= 4 is 22.4 Å². The standard InChI is InChI=1S/C13H19F3N2O2S.ClH/c1-8(2)12(17)4-5-18(3)21(19,20)9-6-10(14)13(16)11(15)7-9;/h6-8,12H,4-5,17H2,1-3H3;1H. The molecule has 1 aromatic rings. The molecule has 0 spiro atoms. The number of nitrogens with two attached hydrogens (primary N) is 1. The molecule has 1 rings (SSSR count). The Hall–Kier alpha value is -0.830. The third-order valence-corrected chi connectivity index (χ3v) is 5.13. The zero-order valence-corrected chi connectivity index (χ0v) is 14.1. The highest BCUT2D eigenvalue weighted by molar-refractivity contribution is 7.89. The Bertz CT molecular complexity index is 588. The van der Waals surface area contributed by atoms with E-state index >= 15 is 0 Å². The lowest BCUT2D eigenvalue weighted by atomic mass is 10.0. The summed E-state index contributed by atoms with van der Waals surface area (Å²) in [6, 6.07) is 0.739. The van der Waals surface area contributed by atoms with Crippen LogP contribution in [-0.2, 0) is 10.0 Å². The van der Waals surface area contributed by atoms with Gasteiger partial charge in [0.15, 0.2) is 17.5 Å². The first-order chi connectivity index (χ1) is 9.57. The van der Waals surface area contributed by atoms with E-state index < -0.39 is 32.4 Å². The number of halogens is 4. The molecule has 22 heavy (non-hydrogen) atoms. The monoisotopic (exact) mass is 360 g/mol. The van der Waals surface area contributed by atoms with Crippen molar-refractivity contribution in [3.8, 4) is 0 Å². The number of hydrogen-bond donors (Lipinski definition) is 1. The highest BCUT2D eigenvalue weighted by Gasteiger charge is 2.25. The zero-order chi connectivity index (χ0) is 16.4. The molecule has 1 atom stereocenters. The summed E-state index contributed by atoms with van der Waals surface area (Å²) in [5.74, 6) is -4.60. The third-order valence-electron chi connectivity index (χ3n) is 3.30. The van der Waals surface area contributed by atoms with Gasteiger partial charge in [0, 0.05) is 19.6 Å². The molecule has 0 saturated carbocycles. The van der Waals surface area contributed by atoms with E-state index in [-0.39, 0.29) is 30.9 Å². The van der Waals surface area contributed by atoms with Crippen LogP contribution < -0.4 is 5.73 Å². The van der Waals surface area contributed by atoms with Gasteiger partial charge in [-0.3, -0.25) is 0 Å². The van der Waals surface area contributed by atoms with Gasteiger partial charge in [-0.2, -0.15) is 0 Å². The minimum Gasteiger partial charge on any atom is -0.327 e. The van der Waals surface area contributed by atoms with Crippen molar-refractivity contribution in [1.82, 2.24) is 4.31 Å². The fourth-order valence-electron chi connectivity index (χ4n) is 1.65. The lowest BCUT2D eigenvalue weighted by Gasteiger charge is -2.21. The molecule has 128 valence electrons. The average Bonchev–Trinajstić information content (AvgIpc) is 2.40. The van der Waals surface area contributed by atoms with Gasteiger partial charge < -0.3 is 5.73 Å². The van der Waals surface area contributed by atoms with E-state index in [4.69, 9.17) is 5.73 Å². The van der Waals surface area contributed by atoms with E-state index in [1.54, 1.807) is 0 Å². The van der Waals surface area contributed by atoms with Gasteiger partial charge in [0.05, 0.1) is 4.90 Å². The first-order valence-corrected chi connectivity index (χ1v) is 7.87. The fourth-order valence-corrected chi connectivity index (χ4v) is 2.86. The normalized spacial score (nSPS) is 13.3. The van der Waals surface area contributed by atoms with E-state index in [9.17, 15) is 21.6 Å². The van der Waals surface area contributed by atoms with E-state index in [1.807, 2.05) is 13.8 Å². The van der Waals surface area contributed by atoms with Crippen LogP contribution >= 0.6 is 12.4 Å². The minimum absolute atomic E-state index is 0. The van der Waals surface area contributed by atoms with Crippen LogP contribution in [0.25, 0.3) is 0 Å². The van der Waals surface area contributed by atoms with Gasteiger partial charge in [0.1, 0.15) is 0 Å². The van der Waals surface area contributed by atoms with Crippen molar-refractivity contribution in [2.45, 2.75) is 31.2 Å². The second-order valence-electron chi connectivity index (χ2n) is 5.22. The average molecular weight is 361 g/mol. The summed E-state index contributed by atoms with van der Waals surface area (Å²) in [6.45, 7) is 3.91. The molecule has 0 aromatic heterocycles. The number of rotatable bonds is 6. The first kappa shape index (κ1) is 21.2. The van der Waals surface area contributed by atoms with Crippen molar-refractivity contribution in [1.29, 1.82) is 0 Å². The summed E-state index contributed by atoms with van der Waals surface area (Å²) in [6.07, 6.45) is 0.402. The van der Waals surface area contributed by atoms with Gasteiger partial charge in [-0.05, 0) is 24.5 Å². The Labute approximate surface area is 134 Å². The van der Waals surface area contributed by atoms with Crippen LogP contribution in [0.5, 0.6) is 0 Å². The lowest BCUT2D eigenvalue weighted by Crippen LogP contribution is -2.34. The van der Waals surface area contributed by atoms with Gasteiger partial charge in [0.25, 0.3) is 0 Å². The summed E-state index contributed by atoms with van der Waals surface area (Å²) in [5, 5.41) is 0. The van der Waals surface area contributed by atoms with Crippen molar-refractivity contribution in [2.24, 2.45) is 11.7 Å². The van der Waals surface area contributed by atoms with E-state index in [0.29, 0.717) is 18.6 Å². The summed E-state index contributed by atoms with van der Waals surface area (Å²) in [7, 11) is -2.81. The van der Waals surface area contributed by atoms with Crippen LogP contribution in [0.15, 0.2) is 17.0 Å². The van der Waals surface area contributed by atoms with E-state index in [2.05, 4.69) is 0 Å². The maximum absolute atomic E-state index is 13.1. The summed E-state index contributed by atoms with van der Waals surface area (Å²) >= 11 is 0. The Morgan fingerprint density at radius 2 is 1.64 bits per heavy atom. The molecule has 0 amide bonds. The highest BCUT2D eigenvalue weighted by atomic mass is 35.5. The second kappa shape index (κ2) is 8.14. The summed E-state index contributed by atoms with van der Waals surface area (Å²) < 4.78 is 64.4. The molecule has 0 aliphatic carbocycles. The Kier molecular flexibility index (Phi) is 7.84. The maximum atomic E-state index is 13.1. The molecule has 2 N–H and O–H groups in total. The molecule has 0 saturated heterocycles. The molecule has 0 aliphatic rings. The summed E-state index contributed by atoms with van der Waals surface area (Å²) in [5.41, 5.74) is 5.82. The van der Waals surface area contributed by atoms with Crippen LogP contribution in [0.1, 0.15) is 20.3 Å². The van der Waals surface area contributed by atoms with Crippen LogP contribution in [0.4, 0.5) is 13.2 Å². The largest absolute Gasteiger partial charge is 0.327 e. The predicted octanol–water partition coefficient (Wildman–Crippen LogP) is 2.52. The number of nitrogens with zero attached hydrogens (tertiary/aromatic N) is 1. The van der Waals surface area contributed by atoms with Gasteiger partial charge in [-0.15, -0.1) is 12.4 Å². The molecule has 1 aromatic carbocycles. The number of benzene rings is 1. The zero-order valence-electron chi connectivity index (χ0n) is 12.5. The molecule has 4 nitrogen and oxygen atoms in total. The molecule has 0 aliphatic heterocycles. The third kappa shape index (κ3) is 4.84. The molecule has 0 heterocycles. The van der Waals surface area contributed by atoms with Crippen LogP contribution in [-0.4, -0.2) is 32.4 Å². The topological polar surface area (TPSA) is 63.4 Å². The Morgan fingerprint density at radius 3 is 2.05 bits per heavy atom. The van der Waals surface area contributed by atoms with Crippen LogP contribution in [0.2, 0.25) is 0 Å². The predicted molar refractivity (Wildman–Crippen MR) is 80.8 cm³/mol. The van der Waals surface area contributed by atoms with Crippen LogP contribution in [0.3, 0.4) is 0 Å². The smallest absolute Gasteiger partial charge is 0.243 e. The van der Waals surface area contributed by atoms with Gasteiger partial charge in [-0.25, -0.2) is 25.9 Å². The maximum Gasteiger partial charge on any atom is 0.243 e. The van der Waals surface area contributed by atoms with Crippen molar-refractivity contribution in [3.05, 3.63) is 29.6 Å². The van der Waals surface area contributed by atoms with Gasteiger partial charge >= 0.3 is 0 Å². The Balaban J connectivity index is 0.00000441. The summed E-state index contributed by atoms with van der Waals surface area (Å²) in [4.78, 5) is -0.625. The fraction of sp³-hybridized carbons (Fsp3) is 0.538. The van der Waals surface area contributed by atoms with Crippen LogP contribution in [0, 0.1) is 23.4 Å². The molecule has 0 bridgehead atoms. The highest BCUT2D eigenvalue weighted by Crippen LogP contribution is 2.20. The molecular weight excluding hydrogens is 341 g/mol.